The molecule has 4 rings (SSSR count). The molecule has 0 atom stereocenters. The Balaban J connectivity index is 1.51. The number of thiophene rings is 2. The Bertz CT molecular complexity index is 1100. The maximum atomic E-state index is 12.3. The first kappa shape index (κ1) is 20.1. The largest absolute Gasteiger partial charge is 0.322 e. The summed E-state index contributed by atoms with van der Waals surface area (Å²) in [7, 11) is 0. The van der Waals surface area contributed by atoms with Crippen molar-refractivity contribution in [3.63, 3.8) is 0 Å². The average molecular weight is 433 g/mol. The predicted molar refractivity (Wildman–Crippen MR) is 126 cm³/mol. The fraction of sp³-hybridized carbons (Fsp3) is 0.0833. The summed E-state index contributed by atoms with van der Waals surface area (Å²) >= 11 is 2.92. The lowest BCUT2D eigenvalue weighted by Gasteiger charge is -2.12. The third kappa shape index (κ3) is 4.35. The number of hydrogen-bond acceptors (Lipinski definition) is 4. The monoisotopic (exact) mass is 432 g/mol. The molecule has 6 heteroatoms. The number of anilines is 2. The molecule has 4 nitrogen and oxygen atoms in total. The second-order valence-electron chi connectivity index (χ2n) is 6.96. The molecule has 0 aliphatic carbocycles. The molecular weight excluding hydrogens is 412 g/mol. The molecular formula is C24H20N2O2S2. The van der Waals surface area contributed by atoms with E-state index in [2.05, 4.69) is 22.8 Å². The van der Waals surface area contributed by atoms with Crippen LogP contribution >= 0.6 is 22.7 Å². The molecule has 0 saturated heterocycles. The zero-order valence-electron chi connectivity index (χ0n) is 16.6. The molecule has 0 radical (unpaired) electrons. The van der Waals surface area contributed by atoms with Gasteiger partial charge in [-0.2, -0.15) is 11.3 Å². The van der Waals surface area contributed by atoms with Gasteiger partial charge in [0.25, 0.3) is 11.8 Å². The Morgan fingerprint density at radius 3 is 1.90 bits per heavy atom. The molecule has 0 bridgehead atoms. The normalized spacial score (nSPS) is 10.6. The quantitative estimate of drug-likeness (QED) is 0.373. The standard InChI is InChI=1S/C24H20N2O2S2/c1-15-12-17(5-7-20(15)25-23(27)19-9-11-29-14-19)18-6-8-21(16(2)13-18)26-24(28)22-4-3-10-30-22/h3-14H,1-2H3,(H,25,27)(H,26,28). The Kier molecular flexibility index (Phi) is 5.79. The van der Waals surface area contributed by atoms with Crippen LogP contribution in [0.25, 0.3) is 11.1 Å². The summed E-state index contributed by atoms with van der Waals surface area (Å²) in [6, 6.07) is 17.4. The first-order chi connectivity index (χ1) is 14.5. The van der Waals surface area contributed by atoms with Crippen LogP contribution in [-0.2, 0) is 0 Å². The van der Waals surface area contributed by atoms with E-state index >= 15 is 0 Å². The van der Waals surface area contributed by atoms with E-state index in [1.807, 2.05) is 72.5 Å². The molecule has 2 amide bonds. The maximum Gasteiger partial charge on any atom is 0.265 e. The van der Waals surface area contributed by atoms with Crippen molar-refractivity contribution in [1.82, 2.24) is 0 Å². The highest BCUT2D eigenvalue weighted by molar-refractivity contribution is 7.12. The second kappa shape index (κ2) is 8.65. The minimum atomic E-state index is -0.103. The maximum absolute atomic E-state index is 12.3. The molecule has 0 aliphatic heterocycles. The van der Waals surface area contributed by atoms with Gasteiger partial charge in [0, 0.05) is 16.8 Å². The van der Waals surface area contributed by atoms with E-state index in [4.69, 9.17) is 0 Å². The Labute approximate surface area is 183 Å². The number of carbonyl (C=O) groups is 2. The van der Waals surface area contributed by atoms with E-state index in [-0.39, 0.29) is 11.8 Å². The number of hydrogen-bond donors (Lipinski definition) is 2. The summed E-state index contributed by atoms with van der Waals surface area (Å²) in [6.45, 7) is 3.96. The number of amides is 2. The van der Waals surface area contributed by atoms with Gasteiger partial charge in [-0.05, 0) is 83.3 Å². The van der Waals surface area contributed by atoms with Gasteiger partial charge in [-0.25, -0.2) is 0 Å². The molecule has 150 valence electrons. The molecule has 30 heavy (non-hydrogen) atoms. The molecule has 2 heterocycles. The van der Waals surface area contributed by atoms with Gasteiger partial charge in [-0.15, -0.1) is 11.3 Å². The van der Waals surface area contributed by atoms with Crippen molar-refractivity contribution in [3.8, 4) is 11.1 Å². The number of carbonyl (C=O) groups excluding carboxylic acids is 2. The average Bonchev–Trinajstić information content (AvgIpc) is 3.45. The van der Waals surface area contributed by atoms with Crippen LogP contribution < -0.4 is 10.6 Å². The van der Waals surface area contributed by atoms with E-state index in [9.17, 15) is 9.59 Å². The number of rotatable bonds is 5. The van der Waals surface area contributed by atoms with E-state index in [1.54, 1.807) is 0 Å². The van der Waals surface area contributed by atoms with E-state index in [1.165, 1.54) is 22.7 Å². The highest BCUT2D eigenvalue weighted by Crippen LogP contribution is 2.29. The van der Waals surface area contributed by atoms with Gasteiger partial charge < -0.3 is 10.6 Å². The summed E-state index contributed by atoms with van der Waals surface area (Å²) in [5.41, 5.74) is 6.36. The first-order valence-corrected chi connectivity index (χ1v) is 11.2. The van der Waals surface area contributed by atoms with E-state index < -0.39 is 0 Å². The van der Waals surface area contributed by atoms with Crippen LogP contribution in [0.15, 0.2) is 70.7 Å². The lowest BCUT2D eigenvalue weighted by atomic mass is 10.00. The highest BCUT2D eigenvalue weighted by atomic mass is 32.1. The third-order valence-electron chi connectivity index (χ3n) is 4.81. The Morgan fingerprint density at radius 2 is 1.40 bits per heavy atom. The SMILES string of the molecule is Cc1cc(-c2ccc(NC(=O)c3cccs3)c(C)c2)ccc1NC(=O)c1ccsc1. The van der Waals surface area contributed by atoms with E-state index in [0.717, 1.165) is 33.6 Å². The van der Waals surface area contributed by atoms with Gasteiger partial charge >= 0.3 is 0 Å². The lowest BCUT2D eigenvalue weighted by Crippen LogP contribution is -2.11. The van der Waals surface area contributed by atoms with Crippen LogP contribution in [0.5, 0.6) is 0 Å². The number of nitrogens with one attached hydrogen (secondary N) is 2. The van der Waals surface area contributed by atoms with Crippen molar-refractivity contribution in [2.24, 2.45) is 0 Å². The molecule has 0 spiro atoms. The molecule has 2 aromatic carbocycles. The zero-order valence-corrected chi connectivity index (χ0v) is 18.2. The summed E-state index contributed by atoms with van der Waals surface area (Å²) in [6.07, 6.45) is 0. The number of benzene rings is 2. The van der Waals surface area contributed by atoms with Crippen molar-refractivity contribution in [1.29, 1.82) is 0 Å². The minimum Gasteiger partial charge on any atom is -0.322 e. The minimum absolute atomic E-state index is 0.0950. The van der Waals surface area contributed by atoms with Crippen LogP contribution in [0, 0.1) is 13.8 Å². The van der Waals surface area contributed by atoms with Crippen molar-refractivity contribution < 1.29 is 9.59 Å². The summed E-state index contributed by atoms with van der Waals surface area (Å²) in [5, 5.41) is 11.6. The zero-order chi connectivity index (χ0) is 21.1. The molecule has 2 N–H and O–H groups in total. The van der Waals surface area contributed by atoms with Gasteiger partial charge in [0.1, 0.15) is 0 Å². The van der Waals surface area contributed by atoms with Gasteiger partial charge in [0.2, 0.25) is 0 Å². The van der Waals surface area contributed by atoms with Crippen LogP contribution in [0.1, 0.15) is 31.2 Å². The molecule has 0 unspecified atom stereocenters. The summed E-state index contributed by atoms with van der Waals surface area (Å²) < 4.78 is 0. The van der Waals surface area contributed by atoms with E-state index in [0.29, 0.717) is 10.4 Å². The Hall–Kier alpha value is -3.22. The van der Waals surface area contributed by atoms with Gasteiger partial charge in [0.15, 0.2) is 0 Å². The van der Waals surface area contributed by atoms with Crippen molar-refractivity contribution in [3.05, 3.63) is 92.3 Å². The van der Waals surface area contributed by atoms with Crippen molar-refractivity contribution in [2.45, 2.75) is 13.8 Å². The topological polar surface area (TPSA) is 58.2 Å². The van der Waals surface area contributed by atoms with Gasteiger partial charge in [-0.3, -0.25) is 9.59 Å². The fourth-order valence-corrected chi connectivity index (χ4v) is 4.40. The smallest absolute Gasteiger partial charge is 0.265 e. The molecule has 0 fully saturated rings. The van der Waals surface area contributed by atoms with Crippen LogP contribution in [-0.4, -0.2) is 11.8 Å². The molecule has 2 aromatic heterocycles. The van der Waals surface area contributed by atoms with Crippen molar-refractivity contribution in [2.75, 3.05) is 10.6 Å². The summed E-state index contributed by atoms with van der Waals surface area (Å²) in [5.74, 6) is -0.198. The second-order valence-corrected chi connectivity index (χ2v) is 8.68. The third-order valence-corrected chi connectivity index (χ3v) is 6.36. The fourth-order valence-electron chi connectivity index (χ4n) is 3.15. The van der Waals surface area contributed by atoms with Gasteiger partial charge in [0.05, 0.1) is 10.4 Å². The van der Waals surface area contributed by atoms with Gasteiger partial charge in [-0.1, -0.05) is 18.2 Å². The van der Waals surface area contributed by atoms with Crippen LogP contribution in [0.3, 0.4) is 0 Å². The summed E-state index contributed by atoms with van der Waals surface area (Å²) in [4.78, 5) is 25.3. The highest BCUT2D eigenvalue weighted by Gasteiger charge is 2.11. The molecule has 4 aromatic rings. The lowest BCUT2D eigenvalue weighted by molar-refractivity contribution is 0.102. The predicted octanol–water partition coefficient (Wildman–Crippen LogP) is 6.60. The van der Waals surface area contributed by atoms with Crippen LogP contribution in [0.4, 0.5) is 11.4 Å². The van der Waals surface area contributed by atoms with Crippen LogP contribution in [0.2, 0.25) is 0 Å². The first-order valence-electron chi connectivity index (χ1n) is 9.41. The number of aryl methyl sites for hydroxylation is 2. The van der Waals surface area contributed by atoms with Crippen molar-refractivity contribution >= 4 is 45.9 Å². The molecule has 0 aliphatic rings. The molecule has 0 saturated carbocycles. The Morgan fingerprint density at radius 1 is 0.767 bits per heavy atom.